The van der Waals surface area contributed by atoms with Gasteiger partial charge in [-0.2, -0.15) is 9.29 Å². The summed E-state index contributed by atoms with van der Waals surface area (Å²) in [6.45, 7) is -1.54. The number of aliphatic hydroxyl groups excluding tert-OH is 2. The van der Waals surface area contributed by atoms with Crippen LogP contribution in [-0.2, 0) is 38.4 Å². The molecule has 20 heteroatoms. The highest BCUT2D eigenvalue weighted by Crippen LogP contribution is 2.60. The van der Waals surface area contributed by atoms with Crippen molar-refractivity contribution in [3.05, 3.63) is 88.5 Å². The number of carbonyl (C=O) groups excluding carboxylic acids is 1. The highest BCUT2D eigenvalue weighted by molar-refractivity contribution is 7.61. The number of nitrogens with two attached hydrogens (primary N) is 1. The number of amides is 1. The van der Waals surface area contributed by atoms with E-state index in [0.717, 1.165) is 22.0 Å². The summed E-state index contributed by atoms with van der Waals surface area (Å²) < 4.78 is 45.3. The van der Waals surface area contributed by atoms with E-state index in [9.17, 15) is 38.7 Å². The number of aliphatic hydroxyl groups is 2. The van der Waals surface area contributed by atoms with Crippen LogP contribution in [0.4, 0.5) is 5.95 Å². The lowest BCUT2D eigenvalue weighted by molar-refractivity contribution is -0.122. The van der Waals surface area contributed by atoms with Crippen LogP contribution in [0.5, 0.6) is 0 Å². The van der Waals surface area contributed by atoms with Gasteiger partial charge >= 0.3 is 15.6 Å². The molecule has 0 bridgehead atoms. The SMILES string of the molecule is Nc1nc2c(ncn2[C@@H]2O[C@H](COP(=O)(O)OP(=O)(O)OCCC(=O)NC(Cc3ccccc3)c3ccccc3)[C@@H](O)[C@H]2O)c(=O)[nH]1. The van der Waals surface area contributed by atoms with E-state index in [2.05, 4.69) is 24.6 Å². The number of fused-ring (bicyclic) bond motifs is 1. The number of hydrogen-bond acceptors (Lipinski definition) is 13. The molecule has 252 valence electrons. The minimum absolute atomic E-state index is 0.0703. The lowest BCUT2D eigenvalue weighted by Gasteiger charge is -2.20. The molecule has 3 unspecified atom stereocenters. The standard InChI is InChI=1S/C27H32N6O12P2/c28-27-31-24-21(25(37)32-27)29-15-33(24)26-23(36)22(35)19(44-26)14-43-47(40,41)45-46(38,39)42-12-11-20(34)30-18(17-9-5-2-6-10-17)13-16-7-3-1-4-8-16/h1-10,15,18-19,22-23,26,35-36H,11-14H2,(H,30,34)(H,38,39)(H,40,41)(H3,28,31,32,37)/t18?,19-,22-,23-,26-/m1/s1. The Kier molecular flexibility index (Phi) is 10.7. The Morgan fingerprint density at radius 3 is 2.40 bits per heavy atom. The van der Waals surface area contributed by atoms with E-state index in [1.165, 1.54) is 0 Å². The lowest BCUT2D eigenvalue weighted by atomic mass is 9.99. The first-order valence-corrected chi connectivity index (χ1v) is 17.1. The number of nitrogens with one attached hydrogen (secondary N) is 2. The predicted octanol–water partition coefficient (Wildman–Crippen LogP) is 1.06. The van der Waals surface area contributed by atoms with Crippen molar-refractivity contribution in [2.75, 3.05) is 18.9 Å². The van der Waals surface area contributed by atoms with E-state index >= 15 is 0 Å². The zero-order chi connectivity index (χ0) is 33.8. The second kappa shape index (κ2) is 14.5. The number of aromatic amines is 1. The molecule has 3 heterocycles. The van der Waals surface area contributed by atoms with Gasteiger partial charge in [0.25, 0.3) is 5.56 Å². The Morgan fingerprint density at radius 2 is 1.70 bits per heavy atom. The molecule has 7 atom stereocenters. The molecule has 8 N–H and O–H groups in total. The summed E-state index contributed by atoms with van der Waals surface area (Å²) in [6, 6.07) is 18.2. The molecule has 2 aromatic heterocycles. The number of hydrogen-bond donors (Lipinski definition) is 7. The maximum absolute atomic E-state index is 12.7. The highest BCUT2D eigenvalue weighted by atomic mass is 31.3. The number of anilines is 1. The van der Waals surface area contributed by atoms with Crippen LogP contribution in [0.15, 0.2) is 71.8 Å². The summed E-state index contributed by atoms with van der Waals surface area (Å²) in [5.41, 5.74) is 6.52. The number of aromatic nitrogens is 4. The van der Waals surface area contributed by atoms with Crippen molar-refractivity contribution in [2.24, 2.45) is 0 Å². The molecule has 0 radical (unpaired) electrons. The number of benzene rings is 2. The summed E-state index contributed by atoms with van der Waals surface area (Å²) in [6.07, 6.45) is -4.95. The number of ether oxygens (including phenoxy) is 1. The Balaban J connectivity index is 1.12. The van der Waals surface area contributed by atoms with Gasteiger partial charge in [-0.25, -0.2) is 14.1 Å². The van der Waals surface area contributed by atoms with Gasteiger partial charge in [0.05, 0.1) is 32.0 Å². The van der Waals surface area contributed by atoms with Crippen LogP contribution in [-0.4, -0.2) is 77.0 Å². The van der Waals surface area contributed by atoms with Crippen molar-refractivity contribution in [3.63, 3.8) is 0 Å². The van der Waals surface area contributed by atoms with Crippen molar-refractivity contribution < 1.29 is 52.0 Å². The molecule has 0 saturated carbocycles. The molecule has 5 rings (SSSR count). The molecule has 1 fully saturated rings. The number of imidazole rings is 1. The fourth-order valence-corrected chi connectivity index (χ4v) is 6.96. The zero-order valence-corrected chi connectivity index (χ0v) is 26.2. The van der Waals surface area contributed by atoms with Crippen LogP contribution in [0.3, 0.4) is 0 Å². The summed E-state index contributed by atoms with van der Waals surface area (Å²) in [4.78, 5) is 54.9. The molecule has 47 heavy (non-hydrogen) atoms. The van der Waals surface area contributed by atoms with Gasteiger partial charge in [-0.3, -0.25) is 28.2 Å². The Labute approximate surface area is 266 Å². The van der Waals surface area contributed by atoms with E-state index in [-0.39, 0.29) is 23.5 Å². The van der Waals surface area contributed by atoms with Gasteiger partial charge in [-0.05, 0) is 17.5 Å². The van der Waals surface area contributed by atoms with Gasteiger partial charge in [-0.15, -0.1) is 0 Å². The Bertz CT molecular complexity index is 1840. The third kappa shape index (κ3) is 8.77. The van der Waals surface area contributed by atoms with Gasteiger partial charge in [0.2, 0.25) is 11.9 Å². The minimum atomic E-state index is -5.32. The molecule has 4 aromatic rings. The van der Waals surface area contributed by atoms with Gasteiger partial charge < -0.3 is 35.8 Å². The number of phosphoric ester groups is 2. The fraction of sp³-hybridized carbons (Fsp3) is 0.333. The molecule has 1 aliphatic heterocycles. The van der Waals surface area contributed by atoms with Crippen molar-refractivity contribution in [3.8, 4) is 0 Å². The average Bonchev–Trinajstić information content (AvgIpc) is 3.56. The number of nitrogens with zero attached hydrogens (tertiary/aromatic N) is 3. The first kappa shape index (κ1) is 34.5. The van der Waals surface area contributed by atoms with Crippen LogP contribution in [0, 0.1) is 0 Å². The lowest BCUT2D eigenvalue weighted by Crippen LogP contribution is -2.33. The zero-order valence-electron chi connectivity index (χ0n) is 24.4. The van der Waals surface area contributed by atoms with Crippen LogP contribution >= 0.6 is 15.6 Å². The molecule has 18 nitrogen and oxygen atoms in total. The first-order chi connectivity index (χ1) is 22.3. The van der Waals surface area contributed by atoms with E-state index in [1.807, 2.05) is 60.7 Å². The molecule has 2 aromatic carbocycles. The van der Waals surface area contributed by atoms with Crippen LogP contribution in [0.1, 0.15) is 29.8 Å². The van der Waals surface area contributed by atoms with E-state index in [0.29, 0.717) is 6.42 Å². The third-order valence-corrected chi connectivity index (χ3v) is 9.71. The van der Waals surface area contributed by atoms with E-state index in [1.54, 1.807) is 0 Å². The number of nitrogen functional groups attached to an aromatic ring is 1. The second-order valence-electron chi connectivity index (χ2n) is 10.4. The largest absolute Gasteiger partial charge is 0.481 e. The number of H-pyrrole nitrogens is 1. The Hall–Kier alpha value is -3.80. The van der Waals surface area contributed by atoms with Gasteiger partial charge in [0.1, 0.15) is 18.3 Å². The maximum Gasteiger partial charge on any atom is 0.481 e. The maximum atomic E-state index is 12.7. The molecule has 1 aliphatic rings. The van der Waals surface area contributed by atoms with Gasteiger partial charge in [0, 0.05) is 0 Å². The third-order valence-electron chi connectivity index (χ3n) is 7.07. The number of rotatable bonds is 14. The average molecular weight is 695 g/mol. The summed E-state index contributed by atoms with van der Waals surface area (Å²) in [7, 11) is -10.5. The normalized spacial score (nSPS) is 22.8. The van der Waals surface area contributed by atoms with Crippen molar-refractivity contribution >= 4 is 38.7 Å². The van der Waals surface area contributed by atoms with E-state index in [4.69, 9.17) is 19.5 Å². The van der Waals surface area contributed by atoms with Gasteiger partial charge in [-0.1, -0.05) is 60.7 Å². The van der Waals surface area contributed by atoms with Crippen LogP contribution in [0.25, 0.3) is 11.2 Å². The van der Waals surface area contributed by atoms with Crippen LogP contribution in [0.2, 0.25) is 0 Å². The number of carbonyl (C=O) groups is 1. The van der Waals surface area contributed by atoms with Crippen molar-refractivity contribution in [2.45, 2.75) is 43.4 Å². The number of phosphoric acid groups is 2. The quantitative estimate of drug-likeness (QED) is 0.0910. The molecular formula is C27H32N6O12P2. The van der Waals surface area contributed by atoms with Crippen LogP contribution < -0.4 is 16.6 Å². The molecule has 1 saturated heterocycles. The fourth-order valence-electron chi connectivity index (χ4n) is 4.88. The molecular weight excluding hydrogens is 662 g/mol. The smallest absolute Gasteiger partial charge is 0.387 e. The summed E-state index contributed by atoms with van der Waals surface area (Å²) >= 11 is 0. The second-order valence-corrected chi connectivity index (χ2v) is 13.5. The van der Waals surface area contributed by atoms with Crippen molar-refractivity contribution in [1.82, 2.24) is 24.8 Å². The molecule has 0 aliphatic carbocycles. The van der Waals surface area contributed by atoms with Gasteiger partial charge in [0.15, 0.2) is 17.4 Å². The minimum Gasteiger partial charge on any atom is -0.387 e. The Morgan fingerprint density at radius 1 is 1.04 bits per heavy atom. The van der Waals surface area contributed by atoms with Crippen molar-refractivity contribution in [1.29, 1.82) is 0 Å². The first-order valence-electron chi connectivity index (χ1n) is 14.1. The molecule has 1 amide bonds. The summed E-state index contributed by atoms with van der Waals surface area (Å²) in [5, 5.41) is 23.8. The molecule has 0 spiro atoms. The monoisotopic (exact) mass is 694 g/mol. The van der Waals surface area contributed by atoms with E-state index < -0.39 is 70.9 Å². The predicted molar refractivity (Wildman–Crippen MR) is 163 cm³/mol. The summed E-state index contributed by atoms with van der Waals surface area (Å²) in [5.74, 6) is -0.766. The topological polar surface area (TPSA) is 271 Å². The highest BCUT2D eigenvalue weighted by Gasteiger charge is 2.46.